The first kappa shape index (κ1) is 21.5. The molecule has 0 bridgehead atoms. The highest BCUT2D eigenvalue weighted by atomic mass is 32.2. The summed E-state index contributed by atoms with van der Waals surface area (Å²) in [6.07, 6.45) is 2.07. The van der Waals surface area contributed by atoms with E-state index in [1.165, 1.54) is 39.7 Å². The fraction of sp³-hybridized carbons (Fsp3) is 0.409. The molecule has 2 aromatic carbocycles. The van der Waals surface area contributed by atoms with Crippen LogP contribution >= 0.6 is 0 Å². The van der Waals surface area contributed by atoms with Crippen LogP contribution in [0.15, 0.2) is 47.4 Å². The summed E-state index contributed by atoms with van der Waals surface area (Å²) in [4.78, 5) is 25.3. The average molecular weight is 444 g/mol. The molecule has 1 fully saturated rings. The molecule has 0 aromatic heterocycles. The Labute approximate surface area is 181 Å². The molecule has 2 aliphatic heterocycles. The van der Waals surface area contributed by atoms with Gasteiger partial charge in [0, 0.05) is 38.3 Å². The van der Waals surface area contributed by atoms with Crippen LogP contribution in [0.25, 0.3) is 0 Å². The number of carbonyl (C=O) groups is 1. The number of aryl methyl sites for hydroxylation is 1. The largest absolute Gasteiger partial charge is 0.338 e. The van der Waals surface area contributed by atoms with Gasteiger partial charge < -0.3 is 4.90 Å². The smallest absolute Gasteiger partial charge is 0.269 e. The van der Waals surface area contributed by atoms with E-state index >= 15 is 0 Å². The lowest BCUT2D eigenvalue weighted by atomic mass is 9.93. The van der Waals surface area contributed by atoms with Crippen molar-refractivity contribution in [2.45, 2.75) is 37.6 Å². The third-order valence-electron chi connectivity index (χ3n) is 6.23. The first-order valence-electron chi connectivity index (χ1n) is 10.4. The summed E-state index contributed by atoms with van der Waals surface area (Å²) in [5.74, 6) is -0.385. The number of nitrogens with zero attached hydrogens (tertiary/aromatic N) is 3. The first-order chi connectivity index (χ1) is 14.8. The minimum atomic E-state index is -3.82. The van der Waals surface area contributed by atoms with Crippen LogP contribution < -0.4 is 0 Å². The van der Waals surface area contributed by atoms with Crippen molar-refractivity contribution in [2.24, 2.45) is 5.92 Å². The zero-order chi connectivity index (χ0) is 22.2. The van der Waals surface area contributed by atoms with Crippen LogP contribution in [0.5, 0.6) is 0 Å². The number of amides is 1. The lowest BCUT2D eigenvalue weighted by Gasteiger charge is -2.36. The predicted octanol–water partition coefficient (Wildman–Crippen LogP) is 2.89. The molecule has 4 rings (SSSR count). The molecule has 2 aliphatic rings. The minimum Gasteiger partial charge on any atom is -0.338 e. The van der Waals surface area contributed by atoms with Gasteiger partial charge in [-0.2, -0.15) is 4.31 Å². The number of nitro benzene ring substituents is 1. The van der Waals surface area contributed by atoms with E-state index in [0.29, 0.717) is 32.5 Å². The molecule has 0 aliphatic carbocycles. The summed E-state index contributed by atoms with van der Waals surface area (Å²) >= 11 is 0. The summed E-state index contributed by atoms with van der Waals surface area (Å²) in [5.41, 5.74) is 3.54. The molecule has 2 heterocycles. The van der Waals surface area contributed by atoms with Crippen molar-refractivity contribution in [2.75, 3.05) is 19.6 Å². The van der Waals surface area contributed by atoms with Crippen molar-refractivity contribution in [1.29, 1.82) is 0 Å². The quantitative estimate of drug-likeness (QED) is 0.534. The fourth-order valence-electron chi connectivity index (χ4n) is 4.50. The number of hydrogen-bond acceptors (Lipinski definition) is 5. The van der Waals surface area contributed by atoms with Crippen molar-refractivity contribution >= 4 is 21.6 Å². The monoisotopic (exact) mass is 443 g/mol. The van der Waals surface area contributed by atoms with Gasteiger partial charge >= 0.3 is 0 Å². The summed E-state index contributed by atoms with van der Waals surface area (Å²) in [6.45, 7) is 3.75. The van der Waals surface area contributed by atoms with Gasteiger partial charge in [0.25, 0.3) is 5.69 Å². The Bertz CT molecular complexity index is 1110. The Balaban J connectivity index is 1.48. The maximum absolute atomic E-state index is 13.2. The highest BCUT2D eigenvalue weighted by Crippen LogP contribution is 2.28. The zero-order valence-corrected chi connectivity index (χ0v) is 18.2. The normalized spacial score (nSPS) is 19.6. The van der Waals surface area contributed by atoms with E-state index in [9.17, 15) is 23.3 Å². The van der Waals surface area contributed by atoms with Gasteiger partial charge in [-0.15, -0.1) is 0 Å². The molecule has 1 unspecified atom stereocenters. The number of fused-ring (bicyclic) bond motifs is 1. The van der Waals surface area contributed by atoms with Gasteiger partial charge in [0.2, 0.25) is 15.9 Å². The van der Waals surface area contributed by atoms with Crippen molar-refractivity contribution in [3.05, 3.63) is 69.3 Å². The first-order valence-corrected chi connectivity index (χ1v) is 11.8. The van der Waals surface area contributed by atoms with E-state index in [1.807, 2.05) is 17.0 Å². The van der Waals surface area contributed by atoms with E-state index in [0.717, 1.165) is 12.0 Å². The fourth-order valence-corrected chi connectivity index (χ4v) is 6.02. The molecule has 0 N–H and O–H groups in total. The molecular weight excluding hydrogens is 418 g/mol. The number of piperidine rings is 1. The highest BCUT2D eigenvalue weighted by Gasteiger charge is 2.36. The number of benzene rings is 2. The zero-order valence-electron chi connectivity index (χ0n) is 17.4. The molecule has 1 atom stereocenters. The molecule has 2 aromatic rings. The van der Waals surface area contributed by atoms with Gasteiger partial charge in [-0.05, 0) is 55.0 Å². The van der Waals surface area contributed by atoms with Crippen LogP contribution in [0.3, 0.4) is 0 Å². The van der Waals surface area contributed by atoms with E-state index < -0.39 is 14.9 Å². The van der Waals surface area contributed by atoms with Crippen LogP contribution in [-0.4, -0.2) is 48.1 Å². The van der Waals surface area contributed by atoms with Crippen LogP contribution in [0, 0.1) is 23.0 Å². The highest BCUT2D eigenvalue weighted by molar-refractivity contribution is 7.89. The standard InChI is InChI=1S/C22H25N3O5S/c1-16-4-2-5-17-14-23(13-11-21(16)17)22(26)18-6-3-12-24(15-18)31(29,30)20-9-7-19(8-10-20)25(27)28/h2,4-5,7-10,18H,3,6,11-15H2,1H3. The van der Waals surface area contributed by atoms with Crippen molar-refractivity contribution in [1.82, 2.24) is 9.21 Å². The number of sulfonamides is 1. The number of non-ortho nitro benzene ring substituents is 1. The molecule has 9 heteroatoms. The van der Waals surface area contributed by atoms with Crippen molar-refractivity contribution < 1.29 is 18.1 Å². The Morgan fingerprint density at radius 1 is 1.13 bits per heavy atom. The Hall–Kier alpha value is -2.78. The maximum Gasteiger partial charge on any atom is 0.269 e. The molecule has 1 amide bonds. The van der Waals surface area contributed by atoms with E-state index in [4.69, 9.17) is 0 Å². The number of carbonyl (C=O) groups excluding carboxylic acids is 1. The molecule has 1 saturated heterocycles. The van der Waals surface area contributed by atoms with Gasteiger partial charge in [0.15, 0.2) is 0 Å². The summed E-state index contributed by atoms with van der Waals surface area (Å²) in [5, 5.41) is 10.8. The second-order valence-electron chi connectivity index (χ2n) is 8.18. The lowest BCUT2D eigenvalue weighted by Crippen LogP contribution is -2.47. The average Bonchev–Trinajstić information content (AvgIpc) is 2.78. The number of nitro groups is 1. The third-order valence-corrected chi connectivity index (χ3v) is 8.11. The maximum atomic E-state index is 13.2. The van der Waals surface area contributed by atoms with Crippen LogP contribution in [-0.2, 0) is 27.8 Å². The minimum absolute atomic E-state index is 0.00393. The van der Waals surface area contributed by atoms with Gasteiger partial charge in [-0.25, -0.2) is 8.42 Å². The Morgan fingerprint density at radius 3 is 2.58 bits per heavy atom. The summed E-state index contributed by atoms with van der Waals surface area (Å²) in [7, 11) is -3.82. The topological polar surface area (TPSA) is 101 Å². The second-order valence-corrected chi connectivity index (χ2v) is 10.1. The SMILES string of the molecule is Cc1cccc2c1CCN(C(=O)C1CCCN(S(=O)(=O)c3ccc([N+](=O)[O-])cc3)C1)C2. The van der Waals surface area contributed by atoms with E-state index in [1.54, 1.807) is 0 Å². The summed E-state index contributed by atoms with van der Waals surface area (Å²) in [6, 6.07) is 11.0. The van der Waals surface area contributed by atoms with E-state index in [2.05, 4.69) is 13.0 Å². The van der Waals surface area contributed by atoms with Gasteiger partial charge in [0.05, 0.1) is 15.7 Å². The molecule has 31 heavy (non-hydrogen) atoms. The van der Waals surface area contributed by atoms with Crippen molar-refractivity contribution in [3.63, 3.8) is 0 Å². The van der Waals surface area contributed by atoms with E-state index in [-0.39, 0.29) is 29.0 Å². The van der Waals surface area contributed by atoms with Crippen LogP contribution in [0.4, 0.5) is 5.69 Å². The molecule has 0 radical (unpaired) electrons. The van der Waals surface area contributed by atoms with Gasteiger partial charge in [-0.1, -0.05) is 18.2 Å². The third kappa shape index (κ3) is 4.20. The van der Waals surface area contributed by atoms with Crippen LogP contribution in [0.1, 0.15) is 29.5 Å². The predicted molar refractivity (Wildman–Crippen MR) is 115 cm³/mol. The lowest BCUT2D eigenvalue weighted by molar-refractivity contribution is -0.384. The van der Waals surface area contributed by atoms with Gasteiger partial charge in [-0.3, -0.25) is 14.9 Å². The summed E-state index contributed by atoms with van der Waals surface area (Å²) < 4.78 is 27.4. The molecule has 164 valence electrons. The molecule has 8 nitrogen and oxygen atoms in total. The number of hydrogen-bond donors (Lipinski definition) is 0. The van der Waals surface area contributed by atoms with Crippen molar-refractivity contribution in [3.8, 4) is 0 Å². The second kappa shape index (κ2) is 8.39. The van der Waals surface area contributed by atoms with Gasteiger partial charge in [0.1, 0.15) is 0 Å². The molecular formula is C22H25N3O5S. The Kier molecular flexibility index (Phi) is 5.81. The van der Waals surface area contributed by atoms with Crippen LogP contribution in [0.2, 0.25) is 0 Å². The number of rotatable bonds is 4. The molecule has 0 spiro atoms. The Morgan fingerprint density at radius 2 is 1.87 bits per heavy atom. The molecule has 0 saturated carbocycles.